The lowest BCUT2D eigenvalue weighted by Gasteiger charge is -2.08. The van der Waals surface area contributed by atoms with Crippen LogP contribution in [0.2, 0.25) is 5.02 Å². The second-order valence-electron chi connectivity index (χ2n) is 3.91. The smallest absolute Gasteiger partial charge is 0.338 e. The fraction of sp³-hybridized carbons (Fsp3) is 0.0714. The maximum atomic E-state index is 13.3. The van der Waals surface area contributed by atoms with E-state index in [2.05, 4.69) is 0 Å². The Hall–Kier alpha value is -1.87. The van der Waals surface area contributed by atoms with Crippen LogP contribution < -0.4 is 0 Å². The van der Waals surface area contributed by atoms with Gasteiger partial charge in [0.05, 0.1) is 5.56 Å². The molecule has 4 heteroatoms. The highest BCUT2D eigenvalue weighted by Crippen LogP contribution is 2.29. The van der Waals surface area contributed by atoms with Crippen LogP contribution >= 0.6 is 11.6 Å². The van der Waals surface area contributed by atoms with Crippen molar-refractivity contribution in [1.29, 1.82) is 0 Å². The minimum atomic E-state index is -1.28. The molecular formula is C14H10ClFO2. The Morgan fingerprint density at radius 1 is 1.28 bits per heavy atom. The topological polar surface area (TPSA) is 37.3 Å². The summed E-state index contributed by atoms with van der Waals surface area (Å²) in [6, 6.07) is 9.35. The Kier molecular flexibility index (Phi) is 3.34. The van der Waals surface area contributed by atoms with Crippen LogP contribution in [0.1, 0.15) is 15.9 Å². The first-order valence-corrected chi connectivity index (χ1v) is 5.67. The van der Waals surface area contributed by atoms with Gasteiger partial charge in [0.25, 0.3) is 0 Å². The quantitative estimate of drug-likeness (QED) is 0.885. The Balaban J connectivity index is 2.62. The van der Waals surface area contributed by atoms with E-state index in [1.807, 2.05) is 13.0 Å². The molecule has 0 fully saturated rings. The zero-order chi connectivity index (χ0) is 13.3. The van der Waals surface area contributed by atoms with Gasteiger partial charge in [0.15, 0.2) is 0 Å². The summed E-state index contributed by atoms with van der Waals surface area (Å²) >= 11 is 6.01. The molecule has 1 N–H and O–H groups in total. The monoisotopic (exact) mass is 264 g/mol. The van der Waals surface area contributed by atoms with Crippen LogP contribution in [0.25, 0.3) is 11.1 Å². The summed E-state index contributed by atoms with van der Waals surface area (Å²) in [5.74, 6) is -2.03. The van der Waals surface area contributed by atoms with E-state index in [0.717, 1.165) is 17.2 Å². The standard InChI is InChI=1S/C14H10ClFO2/c1-8-10(3-2-4-12(8)15)9-5-6-13(16)11(7-9)14(17)18/h2-7H,1H3,(H,17,18). The van der Waals surface area contributed by atoms with E-state index < -0.39 is 11.8 Å². The van der Waals surface area contributed by atoms with Crippen molar-refractivity contribution in [3.63, 3.8) is 0 Å². The Morgan fingerprint density at radius 3 is 2.67 bits per heavy atom. The lowest BCUT2D eigenvalue weighted by atomic mass is 9.98. The highest BCUT2D eigenvalue weighted by molar-refractivity contribution is 6.31. The SMILES string of the molecule is Cc1c(Cl)cccc1-c1ccc(F)c(C(=O)O)c1. The summed E-state index contributed by atoms with van der Waals surface area (Å²) in [5.41, 5.74) is 1.92. The molecule has 2 rings (SSSR count). The van der Waals surface area contributed by atoms with E-state index in [4.69, 9.17) is 16.7 Å². The first kappa shape index (κ1) is 12.6. The average Bonchev–Trinajstić information content (AvgIpc) is 2.33. The molecule has 0 saturated heterocycles. The van der Waals surface area contributed by atoms with Crippen molar-refractivity contribution in [2.45, 2.75) is 6.92 Å². The van der Waals surface area contributed by atoms with Gasteiger partial charge in [0, 0.05) is 5.02 Å². The van der Waals surface area contributed by atoms with Crippen LogP contribution in [0, 0.1) is 12.7 Å². The Morgan fingerprint density at radius 2 is 2.00 bits per heavy atom. The summed E-state index contributed by atoms with van der Waals surface area (Å²) in [6.07, 6.45) is 0. The highest BCUT2D eigenvalue weighted by Gasteiger charge is 2.13. The number of carboxylic acids is 1. The van der Waals surface area contributed by atoms with E-state index in [0.29, 0.717) is 10.6 Å². The van der Waals surface area contributed by atoms with Crippen molar-refractivity contribution in [3.8, 4) is 11.1 Å². The van der Waals surface area contributed by atoms with E-state index in [1.165, 1.54) is 6.07 Å². The largest absolute Gasteiger partial charge is 0.478 e. The van der Waals surface area contributed by atoms with Gasteiger partial charge in [-0.1, -0.05) is 29.8 Å². The van der Waals surface area contributed by atoms with Crippen LogP contribution in [0.4, 0.5) is 4.39 Å². The molecule has 0 amide bonds. The van der Waals surface area contributed by atoms with E-state index in [9.17, 15) is 9.18 Å². The molecule has 0 saturated carbocycles. The second-order valence-corrected chi connectivity index (χ2v) is 4.32. The zero-order valence-corrected chi connectivity index (χ0v) is 10.3. The molecule has 0 aliphatic rings. The predicted molar refractivity (Wildman–Crippen MR) is 68.5 cm³/mol. The molecule has 2 aromatic rings. The highest BCUT2D eigenvalue weighted by atomic mass is 35.5. The van der Waals surface area contributed by atoms with E-state index in [-0.39, 0.29) is 5.56 Å². The van der Waals surface area contributed by atoms with Crippen LogP contribution in [0.15, 0.2) is 36.4 Å². The normalized spacial score (nSPS) is 10.4. The third kappa shape index (κ3) is 2.22. The number of carboxylic acid groups (broad SMARTS) is 1. The average molecular weight is 265 g/mol. The number of carbonyl (C=O) groups is 1. The molecule has 0 heterocycles. The fourth-order valence-electron chi connectivity index (χ4n) is 1.78. The molecule has 0 aliphatic carbocycles. The summed E-state index contributed by atoms with van der Waals surface area (Å²) < 4.78 is 13.3. The third-order valence-electron chi connectivity index (χ3n) is 2.78. The van der Waals surface area contributed by atoms with Gasteiger partial charge < -0.3 is 5.11 Å². The molecule has 0 unspecified atom stereocenters. The van der Waals surface area contributed by atoms with Crippen LogP contribution in [-0.4, -0.2) is 11.1 Å². The molecule has 2 aromatic carbocycles. The van der Waals surface area contributed by atoms with Crippen molar-refractivity contribution in [2.75, 3.05) is 0 Å². The van der Waals surface area contributed by atoms with Gasteiger partial charge in [0.1, 0.15) is 5.82 Å². The van der Waals surface area contributed by atoms with Crippen molar-refractivity contribution >= 4 is 17.6 Å². The Labute approximate surface area is 109 Å². The van der Waals surface area contributed by atoms with Crippen molar-refractivity contribution < 1.29 is 14.3 Å². The molecule has 0 spiro atoms. The first-order valence-electron chi connectivity index (χ1n) is 5.29. The van der Waals surface area contributed by atoms with Crippen LogP contribution in [0.5, 0.6) is 0 Å². The lowest BCUT2D eigenvalue weighted by Crippen LogP contribution is -2.00. The fourth-order valence-corrected chi connectivity index (χ4v) is 1.95. The maximum Gasteiger partial charge on any atom is 0.338 e. The van der Waals surface area contributed by atoms with Gasteiger partial charge in [-0.2, -0.15) is 0 Å². The number of benzene rings is 2. The van der Waals surface area contributed by atoms with E-state index in [1.54, 1.807) is 18.2 Å². The molecular weight excluding hydrogens is 255 g/mol. The summed E-state index contributed by atoms with van der Waals surface area (Å²) in [4.78, 5) is 10.9. The van der Waals surface area contributed by atoms with Gasteiger partial charge in [-0.15, -0.1) is 0 Å². The molecule has 0 bridgehead atoms. The van der Waals surface area contributed by atoms with Crippen LogP contribution in [0.3, 0.4) is 0 Å². The molecule has 0 aliphatic heterocycles. The van der Waals surface area contributed by atoms with Crippen molar-refractivity contribution in [3.05, 3.63) is 58.4 Å². The first-order chi connectivity index (χ1) is 8.50. The minimum Gasteiger partial charge on any atom is -0.478 e. The van der Waals surface area contributed by atoms with Crippen LogP contribution in [-0.2, 0) is 0 Å². The van der Waals surface area contributed by atoms with Gasteiger partial charge in [-0.3, -0.25) is 0 Å². The lowest BCUT2D eigenvalue weighted by molar-refractivity contribution is 0.0692. The molecule has 0 radical (unpaired) electrons. The molecule has 0 atom stereocenters. The van der Waals surface area contributed by atoms with Gasteiger partial charge in [-0.05, 0) is 41.8 Å². The van der Waals surface area contributed by atoms with Crippen molar-refractivity contribution in [2.24, 2.45) is 0 Å². The van der Waals surface area contributed by atoms with Crippen molar-refractivity contribution in [1.82, 2.24) is 0 Å². The molecule has 18 heavy (non-hydrogen) atoms. The van der Waals surface area contributed by atoms with Gasteiger partial charge in [-0.25, -0.2) is 9.18 Å². The Bertz CT molecular complexity index is 623. The zero-order valence-electron chi connectivity index (χ0n) is 9.58. The second kappa shape index (κ2) is 4.78. The molecule has 92 valence electrons. The number of aromatic carboxylic acids is 1. The summed E-state index contributed by atoms with van der Waals surface area (Å²) in [5, 5.41) is 9.49. The number of rotatable bonds is 2. The minimum absolute atomic E-state index is 0.341. The van der Waals surface area contributed by atoms with Gasteiger partial charge in [0.2, 0.25) is 0 Å². The number of halogens is 2. The number of hydrogen-bond acceptors (Lipinski definition) is 1. The summed E-state index contributed by atoms with van der Waals surface area (Å²) in [7, 11) is 0. The van der Waals surface area contributed by atoms with Gasteiger partial charge >= 0.3 is 5.97 Å². The van der Waals surface area contributed by atoms with E-state index >= 15 is 0 Å². The number of hydrogen-bond donors (Lipinski definition) is 1. The summed E-state index contributed by atoms with van der Waals surface area (Å²) in [6.45, 7) is 1.83. The maximum absolute atomic E-state index is 13.3. The molecule has 0 aromatic heterocycles. The third-order valence-corrected chi connectivity index (χ3v) is 3.18. The predicted octanol–water partition coefficient (Wildman–Crippen LogP) is 4.15. The molecule has 2 nitrogen and oxygen atoms in total.